The monoisotopic (exact) mass is 313 g/mol. The molecule has 1 aromatic rings. The molecule has 3 nitrogen and oxygen atoms in total. The number of halogens is 2. The molecule has 1 aromatic carbocycles. The lowest BCUT2D eigenvalue weighted by atomic mass is 9.88. The number of rotatable bonds is 5. The zero-order valence-corrected chi connectivity index (χ0v) is 13.0. The molecule has 1 aliphatic rings. The van der Waals surface area contributed by atoms with E-state index in [1.54, 1.807) is 0 Å². The Hall–Kier alpha value is -1.13. The van der Waals surface area contributed by atoms with Crippen molar-refractivity contribution >= 4 is 17.5 Å². The molecule has 0 aromatic heterocycles. The third kappa shape index (κ3) is 4.68. The van der Waals surface area contributed by atoms with Gasteiger partial charge in [-0.15, -0.1) is 0 Å². The van der Waals surface area contributed by atoms with Gasteiger partial charge >= 0.3 is 0 Å². The third-order valence-electron chi connectivity index (χ3n) is 3.93. The highest BCUT2D eigenvalue weighted by molar-refractivity contribution is 6.30. The number of carbonyl (C=O) groups excluding carboxylic acids is 1. The molecule has 1 saturated carbocycles. The van der Waals surface area contributed by atoms with Crippen molar-refractivity contribution in [3.05, 3.63) is 34.6 Å². The molecule has 5 heteroatoms. The molecule has 116 valence electrons. The smallest absolute Gasteiger partial charge is 0.254 e. The Labute approximate surface area is 129 Å². The largest absolute Gasteiger partial charge is 0.376 e. The second-order valence-corrected chi connectivity index (χ2v) is 5.99. The van der Waals surface area contributed by atoms with E-state index in [1.807, 2.05) is 0 Å². The highest BCUT2D eigenvalue weighted by atomic mass is 35.5. The second kappa shape index (κ2) is 7.76. The van der Waals surface area contributed by atoms with E-state index < -0.39 is 11.7 Å². The van der Waals surface area contributed by atoms with Gasteiger partial charge in [0, 0.05) is 11.6 Å². The van der Waals surface area contributed by atoms with Crippen LogP contribution in [0.2, 0.25) is 5.02 Å². The Bertz CT molecular complexity index is 495. The zero-order valence-electron chi connectivity index (χ0n) is 12.2. The number of amides is 1. The summed E-state index contributed by atoms with van der Waals surface area (Å²) >= 11 is 5.77. The fourth-order valence-electron chi connectivity index (χ4n) is 2.67. The molecular formula is C16H21ClFNO2. The van der Waals surface area contributed by atoms with Crippen LogP contribution < -0.4 is 5.32 Å². The van der Waals surface area contributed by atoms with Gasteiger partial charge in [0.15, 0.2) is 0 Å². The van der Waals surface area contributed by atoms with Crippen LogP contribution in [0.25, 0.3) is 0 Å². The number of nitrogens with one attached hydrogen (secondary N) is 1. The molecule has 0 radical (unpaired) electrons. The number of hydrogen-bond acceptors (Lipinski definition) is 2. The van der Waals surface area contributed by atoms with Gasteiger partial charge in [0.25, 0.3) is 5.91 Å². The Morgan fingerprint density at radius 2 is 2.19 bits per heavy atom. The van der Waals surface area contributed by atoms with Crippen LogP contribution in [-0.2, 0) is 4.74 Å². The zero-order chi connectivity index (χ0) is 15.2. The lowest BCUT2D eigenvalue weighted by molar-refractivity contribution is -0.00295. The first-order valence-electron chi connectivity index (χ1n) is 7.43. The quantitative estimate of drug-likeness (QED) is 0.840. The van der Waals surface area contributed by atoms with E-state index in [-0.39, 0.29) is 11.7 Å². The van der Waals surface area contributed by atoms with Crippen molar-refractivity contribution in [2.24, 2.45) is 5.92 Å². The standard InChI is InChI=1S/C16H21ClFNO2/c1-11-4-2-3-5-15(11)21-9-8-19-16(20)13-10-12(17)6-7-14(13)18/h6-7,10-11,15H,2-5,8-9H2,1H3,(H,19,20). The summed E-state index contributed by atoms with van der Waals surface area (Å²) < 4.78 is 19.3. The van der Waals surface area contributed by atoms with E-state index in [2.05, 4.69) is 12.2 Å². The van der Waals surface area contributed by atoms with Crippen LogP contribution in [-0.4, -0.2) is 25.2 Å². The van der Waals surface area contributed by atoms with Crippen molar-refractivity contribution in [3.63, 3.8) is 0 Å². The van der Waals surface area contributed by atoms with E-state index in [1.165, 1.54) is 37.5 Å². The van der Waals surface area contributed by atoms with E-state index >= 15 is 0 Å². The van der Waals surface area contributed by atoms with Crippen LogP contribution in [0.15, 0.2) is 18.2 Å². The average Bonchev–Trinajstić information content (AvgIpc) is 2.47. The number of benzene rings is 1. The summed E-state index contributed by atoms with van der Waals surface area (Å²) in [6.45, 7) is 3.01. The van der Waals surface area contributed by atoms with E-state index in [0.29, 0.717) is 24.1 Å². The minimum atomic E-state index is -0.571. The number of hydrogen-bond donors (Lipinski definition) is 1. The average molecular weight is 314 g/mol. The van der Waals surface area contributed by atoms with Gasteiger partial charge in [-0.05, 0) is 37.0 Å². The molecule has 1 N–H and O–H groups in total. The van der Waals surface area contributed by atoms with Crippen LogP contribution in [0.3, 0.4) is 0 Å². The van der Waals surface area contributed by atoms with Gasteiger partial charge in [-0.25, -0.2) is 4.39 Å². The SMILES string of the molecule is CC1CCCCC1OCCNC(=O)c1cc(Cl)ccc1F. The predicted octanol–water partition coefficient (Wildman–Crippen LogP) is 3.80. The molecule has 0 bridgehead atoms. The van der Waals surface area contributed by atoms with Crippen molar-refractivity contribution in [2.75, 3.05) is 13.2 Å². The maximum atomic E-state index is 13.5. The minimum absolute atomic E-state index is 0.0338. The third-order valence-corrected chi connectivity index (χ3v) is 4.16. The molecule has 21 heavy (non-hydrogen) atoms. The van der Waals surface area contributed by atoms with Crippen molar-refractivity contribution in [1.82, 2.24) is 5.32 Å². The van der Waals surface area contributed by atoms with Crippen LogP contribution in [0.4, 0.5) is 4.39 Å². The van der Waals surface area contributed by atoms with Gasteiger partial charge in [-0.2, -0.15) is 0 Å². The molecule has 0 spiro atoms. The normalized spacial score (nSPS) is 22.0. The van der Waals surface area contributed by atoms with Gasteiger partial charge < -0.3 is 10.1 Å². The first-order valence-corrected chi connectivity index (χ1v) is 7.80. The lowest BCUT2D eigenvalue weighted by Crippen LogP contribution is -2.32. The van der Waals surface area contributed by atoms with Gasteiger partial charge in [0.05, 0.1) is 18.3 Å². The molecule has 2 rings (SSSR count). The Kier molecular flexibility index (Phi) is 6.00. The summed E-state index contributed by atoms with van der Waals surface area (Å²) in [4.78, 5) is 11.9. The van der Waals surface area contributed by atoms with Crippen molar-refractivity contribution < 1.29 is 13.9 Å². The van der Waals surface area contributed by atoms with Gasteiger partial charge in [0.2, 0.25) is 0 Å². The Morgan fingerprint density at radius 3 is 2.95 bits per heavy atom. The molecule has 0 heterocycles. The van der Waals surface area contributed by atoms with Gasteiger partial charge in [-0.1, -0.05) is 31.4 Å². The topological polar surface area (TPSA) is 38.3 Å². The van der Waals surface area contributed by atoms with Crippen molar-refractivity contribution in [3.8, 4) is 0 Å². The highest BCUT2D eigenvalue weighted by Gasteiger charge is 2.21. The molecule has 1 aliphatic carbocycles. The first-order chi connectivity index (χ1) is 10.1. The van der Waals surface area contributed by atoms with E-state index in [4.69, 9.17) is 16.3 Å². The summed E-state index contributed by atoms with van der Waals surface area (Å²) in [5.74, 6) is -0.464. The predicted molar refractivity (Wildman–Crippen MR) is 81.1 cm³/mol. The molecule has 0 saturated heterocycles. The number of ether oxygens (including phenoxy) is 1. The first kappa shape index (κ1) is 16.2. The van der Waals surface area contributed by atoms with Crippen LogP contribution in [0, 0.1) is 11.7 Å². The number of carbonyl (C=O) groups is 1. The van der Waals surface area contributed by atoms with Crippen molar-refractivity contribution in [1.29, 1.82) is 0 Å². The Balaban J connectivity index is 1.75. The molecule has 0 aliphatic heterocycles. The van der Waals surface area contributed by atoms with Crippen LogP contribution in [0.1, 0.15) is 43.0 Å². The fraction of sp³-hybridized carbons (Fsp3) is 0.562. The molecular weight excluding hydrogens is 293 g/mol. The van der Waals surface area contributed by atoms with E-state index in [9.17, 15) is 9.18 Å². The molecule has 1 fully saturated rings. The fourth-order valence-corrected chi connectivity index (χ4v) is 2.84. The Morgan fingerprint density at radius 1 is 1.43 bits per heavy atom. The van der Waals surface area contributed by atoms with Crippen molar-refractivity contribution in [2.45, 2.75) is 38.7 Å². The summed E-state index contributed by atoms with van der Waals surface area (Å²) in [5, 5.41) is 3.00. The lowest BCUT2D eigenvalue weighted by Gasteiger charge is -2.28. The van der Waals surface area contributed by atoms with Crippen LogP contribution in [0.5, 0.6) is 0 Å². The summed E-state index contributed by atoms with van der Waals surface area (Å²) in [6.07, 6.45) is 5.03. The maximum Gasteiger partial charge on any atom is 0.254 e. The summed E-state index contributed by atoms with van der Waals surface area (Å²) in [5.41, 5.74) is -0.0338. The summed E-state index contributed by atoms with van der Waals surface area (Å²) in [6, 6.07) is 3.94. The highest BCUT2D eigenvalue weighted by Crippen LogP contribution is 2.26. The van der Waals surface area contributed by atoms with Gasteiger partial charge in [0.1, 0.15) is 5.82 Å². The summed E-state index contributed by atoms with van der Waals surface area (Å²) in [7, 11) is 0. The van der Waals surface area contributed by atoms with E-state index in [0.717, 1.165) is 6.42 Å². The molecule has 1 amide bonds. The molecule has 2 unspecified atom stereocenters. The van der Waals surface area contributed by atoms with Crippen LogP contribution >= 0.6 is 11.6 Å². The molecule has 2 atom stereocenters. The second-order valence-electron chi connectivity index (χ2n) is 5.55. The minimum Gasteiger partial charge on any atom is -0.376 e. The maximum absolute atomic E-state index is 13.5. The van der Waals surface area contributed by atoms with Gasteiger partial charge in [-0.3, -0.25) is 4.79 Å².